The zero-order chi connectivity index (χ0) is 18.9. The van der Waals surface area contributed by atoms with Gasteiger partial charge in [-0.2, -0.15) is 0 Å². The number of allylic oxidation sites excluding steroid dienone is 3. The summed E-state index contributed by atoms with van der Waals surface area (Å²) in [6.45, 7) is 5.55. The quantitative estimate of drug-likeness (QED) is 0.798. The number of rotatable bonds is 2. The lowest BCUT2D eigenvalue weighted by Crippen LogP contribution is -2.48. The minimum Gasteiger partial charge on any atom is -0.389 e. The van der Waals surface area contributed by atoms with Crippen molar-refractivity contribution < 1.29 is 19.4 Å². The van der Waals surface area contributed by atoms with E-state index in [1.807, 2.05) is 0 Å². The number of aliphatic hydroxyl groups is 1. The average molecular weight is 373 g/mol. The van der Waals surface area contributed by atoms with Crippen molar-refractivity contribution in [2.24, 2.45) is 22.7 Å². The van der Waals surface area contributed by atoms with Crippen molar-refractivity contribution in [2.75, 3.05) is 19.8 Å². The van der Waals surface area contributed by atoms with Crippen molar-refractivity contribution in [2.45, 2.75) is 71.0 Å². The van der Waals surface area contributed by atoms with Crippen molar-refractivity contribution in [3.63, 3.8) is 0 Å². The first-order valence-electron chi connectivity index (χ1n) is 10.8. The highest BCUT2D eigenvalue weighted by molar-refractivity contribution is 5.86. The second kappa shape index (κ2) is 6.01. The summed E-state index contributed by atoms with van der Waals surface area (Å²) < 4.78 is 12.0. The maximum absolute atomic E-state index is 12.6. The molecule has 4 aliphatic carbocycles. The van der Waals surface area contributed by atoms with Gasteiger partial charge in [-0.25, -0.2) is 0 Å². The molecule has 4 atom stereocenters. The van der Waals surface area contributed by atoms with E-state index in [-0.39, 0.29) is 29.0 Å². The molecule has 4 nitrogen and oxygen atoms in total. The number of fused-ring (bicyclic) bond motifs is 4. The van der Waals surface area contributed by atoms with Gasteiger partial charge in [0.1, 0.15) is 6.61 Å². The highest BCUT2D eigenvalue weighted by Gasteiger charge is 2.61. The standard InChI is InChI=1S/C23H32O4/c1-21-8-5-17-16-6-10-23(26-11-12-27-23)13-15(16)3-4-18(17)19(21)7-9-22(21,2)20(25)14-24/h5,18-19,24H,3-4,6-14H2,1-2H3/t18?,19?,21-,22+/m0/s1. The van der Waals surface area contributed by atoms with Crippen LogP contribution in [0.4, 0.5) is 0 Å². The lowest BCUT2D eigenvalue weighted by atomic mass is 9.53. The summed E-state index contributed by atoms with van der Waals surface area (Å²) in [5.74, 6) is 0.835. The fourth-order valence-corrected chi connectivity index (χ4v) is 7.18. The van der Waals surface area contributed by atoms with Gasteiger partial charge in [0.15, 0.2) is 11.6 Å². The minimum absolute atomic E-state index is 0.0212. The first-order chi connectivity index (χ1) is 12.9. The molecule has 0 bridgehead atoms. The fourth-order valence-electron chi connectivity index (χ4n) is 7.18. The van der Waals surface area contributed by atoms with E-state index in [9.17, 15) is 9.90 Å². The molecule has 5 rings (SSSR count). The van der Waals surface area contributed by atoms with Gasteiger partial charge in [-0.1, -0.05) is 25.5 Å². The predicted octanol–water partition coefficient (Wildman–Crippen LogP) is 3.93. The van der Waals surface area contributed by atoms with Gasteiger partial charge < -0.3 is 14.6 Å². The number of hydrogen-bond donors (Lipinski definition) is 1. The molecule has 1 heterocycles. The van der Waals surface area contributed by atoms with Gasteiger partial charge in [-0.15, -0.1) is 0 Å². The molecule has 148 valence electrons. The van der Waals surface area contributed by atoms with E-state index in [1.165, 1.54) is 6.42 Å². The summed E-state index contributed by atoms with van der Waals surface area (Å²) in [5, 5.41) is 9.56. The maximum Gasteiger partial charge on any atom is 0.172 e. The molecule has 0 radical (unpaired) electrons. The first-order valence-corrected chi connectivity index (χ1v) is 10.8. The molecule has 0 aromatic carbocycles. The van der Waals surface area contributed by atoms with Crippen molar-refractivity contribution >= 4 is 5.78 Å². The molecule has 1 saturated heterocycles. The monoisotopic (exact) mass is 372 g/mol. The van der Waals surface area contributed by atoms with Gasteiger partial charge in [0.05, 0.1) is 13.2 Å². The van der Waals surface area contributed by atoms with Gasteiger partial charge in [0, 0.05) is 18.3 Å². The molecule has 1 spiro atoms. The molecule has 1 N–H and O–H groups in total. The van der Waals surface area contributed by atoms with Crippen molar-refractivity contribution in [1.29, 1.82) is 0 Å². The fraction of sp³-hybridized carbons (Fsp3) is 0.783. The molecule has 1 saturated carbocycles. The molecule has 0 aromatic rings. The van der Waals surface area contributed by atoms with Gasteiger partial charge in [-0.3, -0.25) is 4.79 Å². The molecule has 1 aliphatic heterocycles. The number of Topliss-reactive ketones (excluding diaryl/α,β-unsaturated/α-hetero) is 1. The Morgan fingerprint density at radius 1 is 1.19 bits per heavy atom. The molecular formula is C23H32O4. The van der Waals surface area contributed by atoms with E-state index in [0.29, 0.717) is 11.8 Å². The molecule has 0 aromatic heterocycles. The number of ether oxygens (including phenoxy) is 2. The molecular weight excluding hydrogens is 340 g/mol. The van der Waals surface area contributed by atoms with Crippen LogP contribution in [0.1, 0.15) is 65.2 Å². The van der Waals surface area contributed by atoms with Crippen LogP contribution in [0.3, 0.4) is 0 Å². The van der Waals surface area contributed by atoms with E-state index < -0.39 is 0 Å². The van der Waals surface area contributed by atoms with E-state index in [4.69, 9.17) is 9.47 Å². The summed E-state index contributed by atoms with van der Waals surface area (Å²) in [7, 11) is 0. The Hall–Kier alpha value is -0.970. The Morgan fingerprint density at radius 2 is 1.96 bits per heavy atom. The lowest BCUT2D eigenvalue weighted by molar-refractivity contribution is -0.164. The zero-order valence-electron chi connectivity index (χ0n) is 16.7. The molecule has 0 amide bonds. The maximum atomic E-state index is 12.6. The highest BCUT2D eigenvalue weighted by atomic mass is 16.7. The van der Waals surface area contributed by atoms with Crippen LogP contribution in [0.2, 0.25) is 0 Å². The number of hydrogen-bond acceptors (Lipinski definition) is 4. The van der Waals surface area contributed by atoms with Gasteiger partial charge in [0.2, 0.25) is 0 Å². The van der Waals surface area contributed by atoms with Gasteiger partial charge in [0.25, 0.3) is 0 Å². The molecule has 4 heteroatoms. The third kappa shape index (κ3) is 2.36. The number of aliphatic hydroxyl groups excluding tert-OH is 1. The van der Waals surface area contributed by atoms with E-state index in [0.717, 1.165) is 58.2 Å². The van der Waals surface area contributed by atoms with E-state index >= 15 is 0 Å². The smallest absolute Gasteiger partial charge is 0.172 e. The largest absolute Gasteiger partial charge is 0.389 e. The number of carbonyl (C=O) groups excluding carboxylic acids is 1. The molecule has 2 fully saturated rings. The van der Waals surface area contributed by atoms with Crippen molar-refractivity contribution in [3.8, 4) is 0 Å². The Kier molecular flexibility index (Phi) is 4.03. The average Bonchev–Trinajstić information content (AvgIpc) is 3.23. The number of carbonyl (C=O) groups is 1. The zero-order valence-corrected chi connectivity index (χ0v) is 16.7. The van der Waals surface area contributed by atoms with Crippen molar-refractivity contribution in [1.82, 2.24) is 0 Å². The Labute approximate surface area is 162 Å². The minimum atomic E-state index is -0.384. The van der Waals surface area contributed by atoms with Gasteiger partial charge >= 0.3 is 0 Å². The van der Waals surface area contributed by atoms with Crippen LogP contribution in [-0.2, 0) is 14.3 Å². The van der Waals surface area contributed by atoms with Crippen LogP contribution in [0.15, 0.2) is 22.8 Å². The Bertz CT molecular complexity index is 729. The van der Waals surface area contributed by atoms with Crippen molar-refractivity contribution in [3.05, 3.63) is 22.8 Å². The Balaban J connectivity index is 1.47. The summed E-state index contributed by atoms with van der Waals surface area (Å²) >= 11 is 0. The first kappa shape index (κ1) is 18.1. The third-order valence-electron chi connectivity index (χ3n) is 9.01. The molecule has 2 unspecified atom stereocenters. The molecule has 5 aliphatic rings. The normalized spacial score (nSPS) is 42.6. The SMILES string of the molecule is C[C@]12CC=C3C4=C(CCC3C1CC[C@]2(C)C(=O)CO)CC1(CC4)OCCO1. The van der Waals surface area contributed by atoms with Gasteiger partial charge in [-0.05, 0) is 66.9 Å². The van der Waals surface area contributed by atoms with Crippen LogP contribution >= 0.6 is 0 Å². The second-order valence-corrected chi connectivity index (χ2v) is 9.85. The topological polar surface area (TPSA) is 55.8 Å². The number of ketones is 1. The second-order valence-electron chi connectivity index (χ2n) is 9.85. The van der Waals surface area contributed by atoms with Crippen LogP contribution in [0.5, 0.6) is 0 Å². The summed E-state index contributed by atoms with van der Waals surface area (Å²) in [4.78, 5) is 12.6. The summed E-state index contributed by atoms with van der Waals surface area (Å²) in [6, 6.07) is 0. The summed E-state index contributed by atoms with van der Waals surface area (Å²) in [6.07, 6.45) is 10.7. The lowest BCUT2D eigenvalue weighted by Gasteiger charge is -2.51. The highest BCUT2D eigenvalue weighted by Crippen LogP contribution is 2.66. The van der Waals surface area contributed by atoms with Crippen LogP contribution in [0.25, 0.3) is 0 Å². The Morgan fingerprint density at radius 3 is 2.70 bits per heavy atom. The third-order valence-corrected chi connectivity index (χ3v) is 9.01. The van der Waals surface area contributed by atoms with E-state index in [2.05, 4.69) is 19.9 Å². The van der Waals surface area contributed by atoms with Crippen LogP contribution in [0, 0.1) is 22.7 Å². The van der Waals surface area contributed by atoms with E-state index in [1.54, 1.807) is 16.7 Å². The molecule has 27 heavy (non-hydrogen) atoms. The van der Waals surface area contributed by atoms with Crippen LogP contribution in [-0.4, -0.2) is 36.5 Å². The summed E-state index contributed by atoms with van der Waals surface area (Å²) in [5.41, 5.74) is 4.31. The van der Waals surface area contributed by atoms with Crippen LogP contribution < -0.4 is 0 Å². The predicted molar refractivity (Wildman–Crippen MR) is 102 cm³/mol.